The van der Waals surface area contributed by atoms with Gasteiger partial charge >= 0.3 is 0 Å². The van der Waals surface area contributed by atoms with Gasteiger partial charge in [0, 0.05) is 34.1 Å². The minimum absolute atomic E-state index is 0.0565. The first-order valence-electron chi connectivity index (χ1n) is 6.00. The van der Waals surface area contributed by atoms with Crippen molar-refractivity contribution in [1.82, 2.24) is 0 Å². The largest absolute Gasteiger partial charge is 0.326 e. The molecule has 1 aliphatic heterocycles. The van der Waals surface area contributed by atoms with Crippen molar-refractivity contribution in [3.05, 3.63) is 35.4 Å². The predicted octanol–water partition coefficient (Wildman–Crippen LogP) is 3.07. The third kappa shape index (κ3) is 3.62. The molecule has 1 saturated heterocycles. The lowest BCUT2D eigenvalue weighted by Gasteiger charge is -2.32. The number of nitrogens with two attached hydrogens (primary N) is 1. The van der Waals surface area contributed by atoms with Crippen LogP contribution in [0.4, 0.5) is 8.78 Å². The van der Waals surface area contributed by atoms with Crippen LogP contribution in [0, 0.1) is 11.6 Å². The Bertz CT molecular complexity index is 394. The molecule has 0 aromatic heterocycles. The van der Waals surface area contributed by atoms with Crippen molar-refractivity contribution in [2.24, 2.45) is 5.73 Å². The lowest BCUT2D eigenvalue weighted by molar-refractivity contribution is 0.571. The molecule has 18 heavy (non-hydrogen) atoms. The van der Waals surface area contributed by atoms with Gasteiger partial charge in [-0.25, -0.2) is 8.78 Å². The Morgan fingerprint density at radius 2 is 1.83 bits per heavy atom. The molecule has 100 valence electrons. The van der Waals surface area contributed by atoms with E-state index < -0.39 is 11.6 Å². The molecule has 1 aliphatic rings. The Balaban J connectivity index is 2.03. The van der Waals surface area contributed by atoms with E-state index in [4.69, 9.17) is 5.73 Å². The molecule has 0 aliphatic carbocycles. The maximum absolute atomic E-state index is 13.1. The van der Waals surface area contributed by atoms with Gasteiger partial charge in [0.15, 0.2) is 0 Å². The van der Waals surface area contributed by atoms with Gasteiger partial charge < -0.3 is 5.73 Å². The average Bonchev–Trinajstić information content (AvgIpc) is 2.27. The zero-order valence-electron chi connectivity index (χ0n) is 10.2. The number of rotatable bonds is 3. The summed E-state index contributed by atoms with van der Waals surface area (Å²) in [4.78, 5) is 0. The minimum Gasteiger partial charge on any atom is -0.326 e. The summed E-state index contributed by atoms with van der Waals surface area (Å²) in [6.45, 7) is 2.17. The normalized spacial score (nSPS) is 26.0. The predicted molar refractivity (Wildman–Crippen MR) is 76.2 cm³/mol. The van der Waals surface area contributed by atoms with Crippen LogP contribution < -0.4 is 5.73 Å². The van der Waals surface area contributed by atoms with Crippen molar-refractivity contribution < 1.29 is 8.78 Å². The highest BCUT2D eigenvalue weighted by Crippen LogP contribution is 2.33. The van der Waals surface area contributed by atoms with E-state index in [1.165, 1.54) is 12.1 Å². The van der Waals surface area contributed by atoms with Gasteiger partial charge in [-0.2, -0.15) is 23.5 Å². The molecule has 1 nitrogen and oxygen atoms in total. The van der Waals surface area contributed by atoms with Crippen LogP contribution in [0.15, 0.2) is 18.2 Å². The van der Waals surface area contributed by atoms with E-state index in [0.29, 0.717) is 22.5 Å². The lowest BCUT2D eigenvalue weighted by Crippen LogP contribution is -2.42. The number of hydrogen-bond donors (Lipinski definition) is 1. The summed E-state index contributed by atoms with van der Waals surface area (Å²) < 4.78 is 26.2. The van der Waals surface area contributed by atoms with Crippen LogP contribution in [0.3, 0.4) is 0 Å². The molecule has 1 heterocycles. The second-order valence-corrected chi connectivity index (χ2v) is 7.33. The van der Waals surface area contributed by atoms with Crippen LogP contribution in [-0.2, 0) is 6.42 Å². The van der Waals surface area contributed by atoms with Crippen LogP contribution >= 0.6 is 23.5 Å². The molecule has 0 bridgehead atoms. The Hall–Kier alpha value is -0.260. The molecule has 3 atom stereocenters. The number of benzene rings is 1. The first-order valence-corrected chi connectivity index (χ1v) is 8.10. The van der Waals surface area contributed by atoms with Crippen molar-refractivity contribution in [3.63, 3.8) is 0 Å². The van der Waals surface area contributed by atoms with Crippen LogP contribution in [0.25, 0.3) is 0 Å². The summed E-state index contributed by atoms with van der Waals surface area (Å²) in [6, 6.07) is 3.57. The van der Waals surface area contributed by atoms with Crippen molar-refractivity contribution in [2.45, 2.75) is 29.9 Å². The topological polar surface area (TPSA) is 26.0 Å². The molecule has 0 amide bonds. The van der Waals surface area contributed by atoms with Gasteiger partial charge in [0.25, 0.3) is 0 Å². The summed E-state index contributed by atoms with van der Waals surface area (Å²) in [7, 11) is 0. The SMILES string of the molecule is CC1SCCSC1C(N)Cc1cc(F)cc(F)c1. The fourth-order valence-electron chi connectivity index (χ4n) is 2.24. The molecule has 5 heteroatoms. The fourth-order valence-corrected chi connectivity index (χ4v) is 5.13. The average molecular weight is 289 g/mol. The molecule has 1 aromatic rings. The van der Waals surface area contributed by atoms with Gasteiger partial charge in [0.1, 0.15) is 11.6 Å². The Labute approximate surface area is 115 Å². The first-order chi connectivity index (χ1) is 8.56. The van der Waals surface area contributed by atoms with Gasteiger partial charge in [-0.05, 0) is 24.1 Å². The van der Waals surface area contributed by atoms with Gasteiger partial charge in [0.05, 0.1) is 0 Å². The van der Waals surface area contributed by atoms with E-state index in [1.54, 1.807) is 0 Å². The lowest BCUT2D eigenvalue weighted by atomic mass is 10.0. The van der Waals surface area contributed by atoms with Gasteiger partial charge in [0.2, 0.25) is 0 Å². The van der Waals surface area contributed by atoms with E-state index in [2.05, 4.69) is 6.92 Å². The monoisotopic (exact) mass is 289 g/mol. The smallest absolute Gasteiger partial charge is 0.126 e. The summed E-state index contributed by atoms with van der Waals surface area (Å²) in [6.07, 6.45) is 0.525. The van der Waals surface area contributed by atoms with E-state index in [9.17, 15) is 8.78 Å². The standard InChI is InChI=1S/C13H17F2NS2/c1-8-13(18-3-2-17-8)12(16)6-9-4-10(14)7-11(15)5-9/h4-5,7-8,12-13H,2-3,6,16H2,1H3. The second kappa shape index (κ2) is 6.26. The van der Waals surface area contributed by atoms with E-state index in [-0.39, 0.29) is 6.04 Å². The van der Waals surface area contributed by atoms with E-state index in [1.807, 2.05) is 23.5 Å². The van der Waals surface area contributed by atoms with Crippen LogP contribution in [0.5, 0.6) is 0 Å². The van der Waals surface area contributed by atoms with Crippen molar-refractivity contribution in [2.75, 3.05) is 11.5 Å². The molecule has 2 rings (SSSR count). The number of hydrogen-bond acceptors (Lipinski definition) is 3. The van der Waals surface area contributed by atoms with Gasteiger partial charge in [-0.1, -0.05) is 6.92 Å². The number of thioether (sulfide) groups is 2. The van der Waals surface area contributed by atoms with E-state index >= 15 is 0 Å². The molecule has 2 N–H and O–H groups in total. The molecule has 0 saturated carbocycles. The molecular weight excluding hydrogens is 272 g/mol. The maximum atomic E-state index is 13.1. The van der Waals surface area contributed by atoms with Crippen molar-refractivity contribution in [1.29, 1.82) is 0 Å². The highest BCUT2D eigenvalue weighted by Gasteiger charge is 2.28. The molecular formula is C13H17F2NS2. The molecule has 3 unspecified atom stereocenters. The van der Waals surface area contributed by atoms with Crippen LogP contribution in [0.2, 0.25) is 0 Å². The first kappa shape index (κ1) is 14.2. The van der Waals surface area contributed by atoms with Crippen molar-refractivity contribution in [3.8, 4) is 0 Å². The second-order valence-electron chi connectivity index (χ2n) is 4.56. The Morgan fingerprint density at radius 1 is 1.22 bits per heavy atom. The summed E-state index contributed by atoms with van der Waals surface area (Å²) >= 11 is 3.80. The van der Waals surface area contributed by atoms with Gasteiger partial charge in [-0.15, -0.1) is 0 Å². The third-order valence-electron chi connectivity index (χ3n) is 3.05. The Kier molecular flexibility index (Phi) is 4.92. The Morgan fingerprint density at radius 3 is 2.44 bits per heavy atom. The molecule has 1 aromatic carbocycles. The highest BCUT2D eigenvalue weighted by molar-refractivity contribution is 8.07. The van der Waals surface area contributed by atoms with Gasteiger partial charge in [-0.3, -0.25) is 0 Å². The zero-order chi connectivity index (χ0) is 13.1. The third-order valence-corrected chi connectivity index (χ3v) is 6.32. The quantitative estimate of drug-likeness (QED) is 0.926. The zero-order valence-corrected chi connectivity index (χ0v) is 11.9. The summed E-state index contributed by atoms with van der Waals surface area (Å²) in [5, 5.41) is 0.854. The summed E-state index contributed by atoms with van der Waals surface area (Å²) in [5.74, 6) is 1.20. The van der Waals surface area contributed by atoms with E-state index in [0.717, 1.165) is 17.6 Å². The molecule has 1 fully saturated rings. The van der Waals surface area contributed by atoms with Crippen LogP contribution in [0.1, 0.15) is 12.5 Å². The molecule has 0 spiro atoms. The highest BCUT2D eigenvalue weighted by atomic mass is 32.2. The van der Waals surface area contributed by atoms with Crippen molar-refractivity contribution >= 4 is 23.5 Å². The number of halogens is 2. The van der Waals surface area contributed by atoms with Crippen LogP contribution in [-0.4, -0.2) is 28.0 Å². The fraction of sp³-hybridized carbons (Fsp3) is 0.538. The minimum atomic E-state index is -0.532. The maximum Gasteiger partial charge on any atom is 0.126 e. The molecule has 0 radical (unpaired) electrons. The summed E-state index contributed by atoms with van der Waals surface area (Å²) in [5.41, 5.74) is 6.83.